The second kappa shape index (κ2) is 4.89. The van der Waals surface area contributed by atoms with Gasteiger partial charge >= 0.3 is 7.12 Å². The Hall–Kier alpha value is -0.905. The average molecular weight is 265 g/mol. The molecule has 1 aliphatic rings. The fourth-order valence-electron chi connectivity index (χ4n) is 2.05. The number of nitrogens with two attached hydrogens (primary N) is 1. The molecule has 2 N–H and O–H groups in total. The van der Waals surface area contributed by atoms with Crippen LogP contribution in [0.3, 0.4) is 0 Å². The number of hydrogen-bond acceptors (Lipinski definition) is 3. The van der Waals surface area contributed by atoms with Gasteiger partial charge in [-0.15, -0.1) is 0 Å². The largest absolute Gasteiger partial charge is 0.476 e. The second-order valence-electron chi connectivity index (χ2n) is 6.12. The molecule has 0 radical (unpaired) electrons. The van der Waals surface area contributed by atoms with Gasteiger partial charge in [0, 0.05) is 5.94 Å². The Kier molecular flexibility index (Phi) is 3.73. The molecule has 0 amide bonds. The van der Waals surface area contributed by atoms with E-state index in [2.05, 4.69) is 0 Å². The molecule has 0 spiro atoms. The first-order valence-electron chi connectivity index (χ1n) is 6.57. The second-order valence-corrected chi connectivity index (χ2v) is 6.12. The lowest BCUT2D eigenvalue weighted by atomic mass is 9.75. The quantitative estimate of drug-likeness (QED) is 0.853. The van der Waals surface area contributed by atoms with Crippen molar-refractivity contribution >= 4 is 7.12 Å². The molecule has 2 rings (SSSR count). The molecule has 1 aromatic carbocycles. The zero-order valence-corrected chi connectivity index (χ0v) is 11.9. The summed E-state index contributed by atoms with van der Waals surface area (Å²) in [6.45, 7) is 7.99. The van der Waals surface area contributed by atoms with Crippen LogP contribution >= 0.6 is 0 Å². The van der Waals surface area contributed by atoms with Gasteiger partial charge in [-0.1, -0.05) is 12.1 Å². The summed E-state index contributed by atoms with van der Waals surface area (Å²) in [7, 11) is -0.435. The highest BCUT2D eigenvalue weighted by Crippen LogP contribution is 2.37. The van der Waals surface area contributed by atoms with E-state index in [1.807, 2.05) is 27.7 Å². The maximum Gasteiger partial charge on any atom is 0.476 e. The van der Waals surface area contributed by atoms with Crippen molar-refractivity contribution in [3.63, 3.8) is 0 Å². The summed E-state index contributed by atoms with van der Waals surface area (Å²) >= 11 is 0. The van der Waals surface area contributed by atoms with Gasteiger partial charge in [-0.2, -0.15) is 0 Å². The first-order chi connectivity index (χ1) is 8.71. The lowest BCUT2D eigenvalue weighted by Gasteiger charge is -2.32. The highest BCUT2D eigenvalue weighted by atomic mass is 19.1. The van der Waals surface area contributed by atoms with Crippen molar-refractivity contribution < 1.29 is 13.7 Å². The van der Waals surface area contributed by atoms with Gasteiger partial charge in [0.15, 0.2) is 0 Å². The summed E-state index contributed by atoms with van der Waals surface area (Å²) < 4.78 is 24.6. The van der Waals surface area contributed by atoms with Crippen LogP contribution < -0.4 is 5.73 Å². The Morgan fingerprint density at radius 1 is 1.11 bits per heavy atom. The monoisotopic (exact) mass is 265 g/mol. The van der Waals surface area contributed by atoms with E-state index in [1.54, 1.807) is 12.1 Å². The average Bonchev–Trinajstić information content (AvgIpc) is 2.51. The normalized spacial score (nSPS) is 22.5. The van der Waals surface area contributed by atoms with Crippen LogP contribution in [0.2, 0.25) is 0 Å². The van der Waals surface area contributed by atoms with Gasteiger partial charge in [0.05, 0.1) is 11.2 Å². The van der Waals surface area contributed by atoms with Crippen molar-refractivity contribution in [1.82, 2.24) is 0 Å². The highest BCUT2D eigenvalue weighted by Gasteiger charge is 2.52. The predicted octanol–water partition coefficient (Wildman–Crippen LogP) is 2.33. The SMILES string of the molecule is CC1(C)OB([C@H](N)Cc2ccc(F)cc2)OC1(C)C. The minimum atomic E-state index is -0.435. The van der Waals surface area contributed by atoms with Gasteiger partial charge in [0.2, 0.25) is 0 Å². The van der Waals surface area contributed by atoms with Crippen molar-refractivity contribution in [2.24, 2.45) is 5.73 Å². The molecular weight excluding hydrogens is 244 g/mol. The summed E-state index contributed by atoms with van der Waals surface area (Å²) in [5.41, 5.74) is 6.37. The fraction of sp³-hybridized carbons (Fsp3) is 0.571. The molecule has 104 valence electrons. The molecule has 1 aliphatic heterocycles. The van der Waals surface area contributed by atoms with Gasteiger partial charge in [-0.25, -0.2) is 4.39 Å². The molecule has 1 atom stereocenters. The van der Waals surface area contributed by atoms with Gasteiger partial charge in [0.25, 0.3) is 0 Å². The van der Waals surface area contributed by atoms with E-state index >= 15 is 0 Å². The van der Waals surface area contributed by atoms with E-state index in [0.29, 0.717) is 6.42 Å². The van der Waals surface area contributed by atoms with E-state index in [9.17, 15) is 4.39 Å². The van der Waals surface area contributed by atoms with E-state index in [4.69, 9.17) is 15.0 Å². The first kappa shape index (κ1) is 14.5. The summed E-state index contributed by atoms with van der Waals surface area (Å²) in [6.07, 6.45) is 0.594. The van der Waals surface area contributed by atoms with Gasteiger partial charge < -0.3 is 15.0 Å². The first-order valence-corrected chi connectivity index (χ1v) is 6.57. The molecule has 1 aromatic rings. The zero-order chi connectivity index (χ0) is 14.3. The lowest BCUT2D eigenvalue weighted by molar-refractivity contribution is 0.00578. The Bertz CT molecular complexity index is 431. The molecule has 3 nitrogen and oxygen atoms in total. The molecule has 5 heteroatoms. The molecule has 1 saturated heterocycles. The number of hydrogen-bond donors (Lipinski definition) is 1. The maximum absolute atomic E-state index is 12.8. The van der Waals surface area contributed by atoms with E-state index < -0.39 is 7.12 Å². The van der Waals surface area contributed by atoms with Crippen molar-refractivity contribution in [1.29, 1.82) is 0 Å². The standard InChI is InChI=1S/C14H21BFNO2/c1-13(2)14(3,4)19-15(18-13)12(17)9-10-5-7-11(16)8-6-10/h5-8,12H,9,17H2,1-4H3/t12-/m1/s1. The Balaban J connectivity index is 2.02. The smallest absolute Gasteiger partial charge is 0.402 e. The van der Waals surface area contributed by atoms with Crippen molar-refractivity contribution in [3.8, 4) is 0 Å². The third-order valence-electron chi connectivity index (χ3n) is 4.01. The summed E-state index contributed by atoms with van der Waals surface area (Å²) in [4.78, 5) is 0. The third kappa shape index (κ3) is 2.99. The maximum atomic E-state index is 12.8. The van der Waals surface area contributed by atoms with E-state index in [1.165, 1.54) is 12.1 Å². The Labute approximate surface area is 114 Å². The molecule has 0 aliphatic carbocycles. The van der Waals surface area contributed by atoms with Crippen molar-refractivity contribution in [2.75, 3.05) is 0 Å². The zero-order valence-electron chi connectivity index (χ0n) is 11.9. The number of rotatable bonds is 3. The van der Waals surface area contributed by atoms with Gasteiger partial charge in [0.1, 0.15) is 5.82 Å². The minimum absolute atomic E-state index is 0.243. The minimum Gasteiger partial charge on any atom is -0.402 e. The summed E-state index contributed by atoms with van der Waals surface area (Å²) in [5.74, 6) is -0.514. The molecule has 0 unspecified atom stereocenters. The van der Waals surface area contributed by atoms with Gasteiger partial charge in [-0.3, -0.25) is 0 Å². The summed E-state index contributed by atoms with van der Waals surface area (Å²) in [5, 5.41) is 0. The van der Waals surface area contributed by atoms with Crippen LogP contribution in [0, 0.1) is 5.82 Å². The van der Waals surface area contributed by atoms with E-state index in [-0.39, 0.29) is 23.0 Å². The fourth-order valence-corrected chi connectivity index (χ4v) is 2.05. The molecule has 1 heterocycles. The van der Waals surface area contributed by atoms with Crippen molar-refractivity contribution in [2.45, 2.75) is 51.3 Å². The molecule has 1 fully saturated rings. The third-order valence-corrected chi connectivity index (χ3v) is 4.01. The van der Waals surface area contributed by atoms with Crippen LogP contribution in [0.5, 0.6) is 0 Å². The molecular formula is C14H21BFNO2. The van der Waals surface area contributed by atoms with Crippen LogP contribution in [0.4, 0.5) is 4.39 Å². The Morgan fingerprint density at radius 3 is 2.05 bits per heavy atom. The van der Waals surface area contributed by atoms with Gasteiger partial charge in [-0.05, 0) is 51.8 Å². The highest BCUT2D eigenvalue weighted by molar-refractivity contribution is 6.47. The topological polar surface area (TPSA) is 44.5 Å². The lowest BCUT2D eigenvalue weighted by Crippen LogP contribution is -2.43. The molecule has 19 heavy (non-hydrogen) atoms. The predicted molar refractivity (Wildman–Crippen MR) is 74.2 cm³/mol. The van der Waals surface area contributed by atoms with Crippen LogP contribution in [-0.4, -0.2) is 24.3 Å². The van der Waals surface area contributed by atoms with Crippen LogP contribution in [0.25, 0.3) is 0 Å². The van der Waals surface area contributed by atoms with Crippen LogP contribution in [0.1, 0.15) is 33.3 Å². The molecule has 0 bridgehead atoms. The molecule has 0 aromatic heterocycles. The Morgan fingerprint density at radius 2 is 1.58 bits per heavy atom. The van der Waals surface area contributed by atoms with Crippen LogP contribution in [-0.2, 0) is 15.7 Å². The van der Waals surface area contributed by atoms with Crippen molar-refractivity contribution in [3.05, 3.63) is 35.6 Å². The summed E-state index contributed by atoms with van der Waals surface area (Å²) in [6, 6.07) is 6.35. The van der Waals surface area contributed by atoms with Crippen LogP contribution in [0.15, 0.2) is 24.3 Å². The number of benzene rings is 1. The molecule has 0 saturated carbocycles. The van der Waals surface area contributed by atoms with E-state index in [0.717, 1.165) is 5.56 Å². The number of halogens is 1.